The minimum absolute atomic E-state index is 0.108. The van der Waals surface area contributed by atoms with Crippen LogP contribution >= 0.6 is 0 Å². The molecule has 1 aromatic heterocycles. The average Bonchev–Trinajstić information content (AvgIpc) is 2.73. The first kappa shape index (κ1) is 13.4. The monoisotopic (exact) mass is 284 g/mol. The van der Waals surface area contributed by atoms with E-state index in [1.54, 1.807) is 18.3 Å². The van der Waals surface area contributed by atoms with Gasteiger partial charge < -0.3 is 14.8 Å². The molecule has 5 nitrogen and oxygen atoms in total. The minimum Gasteiger partial charge on any atom is -0.490 e. The largest absolute Gasteiger partial charge is 0.490 e. The molecule has 2 heterocycles. The van der Waals surface area contributed by atoms with Crippen LogP contribution < -0.4 is 14.8 Å². The number of benzene rings is 1. The van der Waals surface area contributed by atoms with Crippen LogP contribution in [0.3, 0.4) is 0 Å². The molecule has 0 unspecified atom stereocenters. The van der Waals surface area contributed by atoms with Crippen LogP contribution in [0.25, 0.3) is 0 Å². The van der Waals surface area contributed by atoms with Gasteiger partial charge in [0.1, 0.15) is 5.82 Å². The summed E-state index contributed by atoms with van der Waals surface area (Å²) in [6.07, 6.45) is 2.78. The molecule has 1 aromatic carbocycles. The lowest BCUT2D eigenvalue weighted by atomic mass is 10.1. The molecule has 1 aliphatic rings. The zero-order chi connectivity index (χ0) is 14.5. The standard InChI is InChI=1S/C16H16N2O3/c19-16(18-15-4-1-2-7-17-15)11-12-5-6-13-14(10-12)21-9-3-8-20-13/h1-2,4-7,10H,3,8-9,11H2,(H,17,18,19). The van der Waals surface area contributed by atoms with Gasteiger partial charge in [0.15, 0.2) is 11.5 Å². The summed E-state index contributed by atoms with van der Waals surface area (Å²) < 4.78 is 11.2. The summed E-state index contributed by atoms with van der Waals surface area (Å²) >= 11 is 0. The third-order valence-corrected chi connectivity index (χ3v) is 3.11. The first-order valence-electron chi connectivity index (χ1n) is 6.91. The van der Waals surface area contributed by atoms with Gasteiger partial charge in [-0.1, -0.05) is 12.1 Å². The molecule has 0 aliphatic carbocycles. The normalized spacial score (nSPS) is 13.3. The Morgan fingerprint density at radius 3 is 2.81 bits per heavy atom. The molecule has 0 saturated carbocycles. The van der Waals surface area contributed by atoms with Gasteiger partial charge in [0.05, 0.1) is 19.6 Å². The van der Waals surface area contributed by atoms with Crippen LogP contribution in [0.2, 0.25) is 0 Å². The molecule has 0 atom stereocenters. The highest BCUT2D eigenvalue weighted by atomic mass is 16.5. The number of carbonyl (C=O) groups is 1. The van der Waals surface area contributed by atoms with Crippen molar-refractivity contribution in [3.63, 3.8) is 0 Å². The average molecular weight is 284 g/mol. The molecule has 1 aliphatic heterocycles. The molecule has 0 saturated heterocycles. The molecule has 0 fully saturated rings. The maximum absolute atomic E-state index is 12.0. The predicted molar refractivity (Wildman–Crippen MR) is 78.6 cm³/mol. The number of rotatable bonds is 3. The smallest absolute Gasteiger partial charge is 0.229 e. The summed E-state index contributed by atoms with van der Waals surface area (Å²) in [6.45, 7) is 1.29. The van der Waals surface area contributed by atoms with Crippen molar-refractivity contribution in [3.8, 4) is 11.5 Å². The SMILES string of the molecule is O=C(Cc1ccc2c(c1)OCCCO2)Nc1ccccn1. The number of carbonyl (C=O) groups excluding carboxylic acids is 1. The Kier molecular flexibility index (Phi) is 4.00. The lowest BCUT2D eigenvalue weighted by Crippen LogP contribution is -2.15. The number of fused-ring (bicyclic) bond motifs is 1. The second-order valence-corrected chi connectivity index (χ2v) is 4.77. The van der Waals surface area contributed by atoms with Gasteiger partial charge in [-0.05, 0) is 29.8 Å². The number of anilines is 1. The molecule has 5 heteroatoms. The predicted octanol–water partition coefficient (Wildman–Crippen LogP) is 2.42. The van der Waals surface area contributed by atoms with Gasteiger partial charge in [-0.25, -0.2) is 4.98 Å². The van der Waals surface area contributed by atoms with Gasteiger partial charge in [0.2, 0.25) is 5.91 Å². The van der Waals surface area contributed by atoms with E-state index in [4.69, 9.17) is 9.47 Å². The number of hydrogen-bond acceptors (Lipinski definition) is 4. The summed E-state index contributed by atoms with van der Waals surface area (Å²) in [6, 6.07) is 11.0. The Bertz CT molecular complexity index is 629. The third kappa shape index (κ3) is 3.51. The van der Waals surface area contributed by atoms with E-state index >= 15 is 0 Å². The summed E-state index contributed by atoms with van der Waals surface area (Å²) in [7, 11) is 0. The number of hydrogen-bond donors (Lipinski definition) is 1. The molecule has 21 heavy (non-hydrogen) atoms. The Labute approximate surface area is 122 Å². The first-order valence-corrected chi connectivity index (χ1v) is 6.91. The number of nitrogens with zero attached hydrogens (tertiary/aromatic N) is 1. The molecule has 0 spiro atoms. The number of nitrogens with one attached hydrogen (secondary N) is 1. The number of ether oxygens (including phenoxy) is 2. The number of aromatic nitrogens is 1. The minimum atomic E-state index is -0.108. The van der Waals surface area contributed by atoms with Crippen molar-refractivity contribution >= 4 is 11.7 Å². The Morgan fingerprint density at radius 2 is 2.00 bits per heavy atom. The van der Waals surface area contributed by atoms with Crippen molar-refractivity contribution in [1.29, 1.82) is 0 Å². The zero-order valence-electron chi connectivity index (χ0n) is 11.5. The quantitative estimate of drug-likeness (QED) is 0.940. The Morgan fingerprint density at radius 1 is 1.14 bits per heavy atom. The molecule has 0 bridgehead atoms. The fraction of sp³-hybridized carbons (Fsp3) is 0.250. The van der Waals surface area contributed by atoms with E-state index in [1.807, 2.05) is 24.3 Å². The third-order valence-electron chi connectivity index (χ3n) is 3.11. The second-order valence-electron chi connectivity index (χ2n) is 4.77. The zero-order valence-corrected chi connectivity index (χ0v) is 11.5. The van der Waals surface area contributed by atoms with Gasteiger partial charge in [-0.15, -0.1) is 0 Å². The first-order chi connectivity index (χ1) is 10.3. The van der Waals surface area contributed by atoms with Crippen molar-refractivity contribution in [3.05, 3.63) is 48.2 Å². The van der Waals surface area contributed by atoms with E-state index < -0.39 is 0 Å². The van der Waals surface area contributed by atoms with E-state index in [9.17, 15) is 4.79 Å². The van der Waals surface area contributed by atoms with Crippen molar-refractivity contribution in [1.82, 2.24) is 4.98 Å². The van der Waals surface area contributed by atoms with Crippen LogP contribution in [0.1, 0.15) is 12.0 Å². The molecule has 108 valence electrons. The number of pyridine rings is 1. The van der Waals surface area contributed by atoms with Gasteiger partial charge in [0, 0.05) is 12.6 Å². The topological polar surface area (TPSA) is 60.5 Å². The Hall–Kier alpha value is -2.56. The van der Waals surface area contributed by atoms with E-state index in [0.29, 0.717) is 24.8 Å². The molecular weight excluding hydrogens is 268 g/mol. The molecule has 1 amide bonds. The molecule has 2 aromatic rings. The van der Waals surface area contributed by atoms with Crippen LogP contribution in [0.4, 0.5) is 5.82 Å². The van der Waals surface area contributed by atoms with Crippen molar-refractivity contribution in [2.24, 2.45) is 0 Å². The fourth-order valence-corrected chi connectivity index (χ4v) is 2.13. The summed E-state index contributed by atoms with van der Waals surface area (Å²) in [5.74, 6) is 1.89. The Balaban J connectivity index is 1.67. The van der Waals surface area contributed by atoms with Gasteiger partial charge >= 0.3 is 0 Å². The van der Waals surface area contributed by atoms with Crippen molar-refractivity contribution in [2.45, 2.75) is 12.8 Å². The van der Waals surface area contributed by atoms with E-state index in [-0.39, 0.29) is 12.3 Å². The van der Waals surface area contributed by atoms with Crippen LogP contribution in [0.15, 0.2) is 42.6 Å². The summed E-state index contributed by atoms with van der Waals surface area (Å²) in [5, 5.41) is 2.76. The van der Waals surface area contributed by atoms with Gasteiger partial charge in [-0.3, -0.25) is 4.79 Å². The molecule has 0 radical (unpaired) electrons. The van der Waals surface area contributed by atoms with E-state index in [2.05, 4.69) is 10.3 Å². The van der Waals surface area contributed by atoms with Crippen LogP contribution in [0, 0.1) is 0 Å². The number of amides is 1. The lowest BCUT2D eigenvalue weighted by Gasteiger charge is -2.09. The molecule has 3 rings (SSSR count). The highest BCUT2D eigenvalue weighted by molar-refractivity contribution is 5.91. The van der Waals surface area contributed by atoms with Crippen LogP contribution in [0.5, 0.6) is 11.5 Å². The van der Waals surface area contributed by atoms with Crippen molar-refractivity contribution < 1.29 is 14.3 Å². The maximum atomic E-state index is 12.0. The van der Waals surface area contributed by atoms with Crippen LogP contribution in [-0.2, 0) is 11.2 Å². The van der Waals surface area contributed by atoms with Crippen LogP contribution in [-0.4, -0.2) is 24.1 Å². The summed E-state index contributed by atoms with van der Waals surface area (Å²) in [5.41, 5.74) is 0.882. The fourth-order valence-electron chi connectivity index (χ4n) is 2.13. The highest BCUT2D eigenvalue weighted by Gasteiger charge is 2.12. The van der Waals surface area contributed by atoms with Gasteiger partial charge in [-0.2, -0.15) is 0 Å². The maximum Gasteiger partial charge on any atom is 0.229 e. The van der Waals surface area contributed by atoms with Gasteiger partial charge in [0.25, 0.3) is 0 Å². The highest BCUT2D eigenvalue weighted by Crippen LogP contribution is 2.30. The molecule has 1 N–H and O–H groups in total. The molecular formula is C16H16N2O3. The van der Waals surface area contributed by atoms with E-state index in [0.717, 1.165) is 17.7 Å². The lowest BCUT2D eigenvalue weighted by molar-refractivity contribution is -0.115. The summed E-state index contributed by atoms with van der Waals surface area (Å²) in [4.78, 5) is 16.1. The van der Waals surface area contributed by atoms with Crippen molar-refractivity contribution in [2.75, 3.05) is 18.5 Å². The van der Waals surface area contributed by atoms with E-state index in [1.165, 1.54) is 0 Å². The second kappa shape index (κ2) is 6.26.